The van der Waals surface area contributed by atoms with Crippen molar-refractivity contribution in [3.05, 3.63) is 59.8 Å². The second-order valence-electron chi connectivity index (χ2n) is 4.49. The summed E-state index contributed by atoms with van der Waals surface area (Å²) in [5.74, 6) is -0.821. The summed E-state index contributed by atoms with van der Waals surface area (Å²) in [5.41, 5.74) is 0.943. The first-order valence-corrected chi connectivity index (χ1v) is 6.79. The van der Waals surface area contributed by atoms with E-state index in [4.69, 9.17) is 9.84 Å². The minimum Gasteiger partial charge on any atom is -0.478 e. The van der Waals surface area contributed by atoms with E-state index in [1.807, 2.05) is 30.3 Å². The molecule has 0 bridgehead atoms. The summed E-state index contributed by atoms with van der Waals surface area (Å²) in [6, 6.07) is 12.0. The lowest BCUT2D eigenvalue weighted by Crippen LogP contribution is -2.32. The SMILES string of the molecule is CCN(C(=O)OCc1ccccc1)c1cc(C(=O)O)ccn1. The van der Waals surface area contributed by atoms with Crippen molar-refractivity contribution in [3.8, 4) is 0 Å². The Morgan fingerprint density at radius 2 is 1.95 bits per heavy atom. The molecule has 0 spiro atoms. The Bertz CT molecular complexity index is 658. The number of aromatic nitrogens is 1. The first-order chi connectivity index (χ1) is 10.6. The summed E-state index contributed by atoms with van der Waals surface area (Å²) >= 11 is 0. The van der Waals surface area contributed by atoms with E-state index < -0.39 is 12.1 Å². The highest BCUT2D eigenvalue weighted by atomic mass is 16.6. The Morgan fingerprint density at radius 1 is 1.23 bits per heavy atom. The highest BCUT2D eigenvalue weighted by Gasteiger charge is 2.18. The van der Waals surface area contributed by atoms with Gasteiger partial charge in [-0.1, -0.05) is 30.3 Å². The predicted octanol–water partition coefficient (Wildman–Crippen LogP) is 2.94. The van der Waals surface area contributed by atoms with E-state index in [-0.39, 0.29) is 18.0 Å². The topological polar surface area (TPSA) is 79.7 Å². The molecule has 1 heterocycles. The van der Waals surface area contributed by atoms with Gasteiger partial charge >= 0.3 is 12.1 Å². The summed E-state index contributed by atoms with van der Waals surface area (Å²) in [7, 11) is 0. The maximum Gasteiger partial charge on any atom is 0.415 e. The molecular weight excluding hydrogens is 284 g/mol. The molecular formula is C16H16N2O4. The first-order valence-electron chi connectivity index (χ1n) is 6.79. The van der Waals surface area contributed by atoms with Crippen LogP contribution >= 0.6 is 0 Å². The monoisotopic (exact) mass is 300 g/mol. The van der Waals surface area contributed by atoms with E-state index >= 15 is 0 Å². The van der Waals surface area contributed by atoms with Crippen molar-refractivity contribution in [1.29, 1.82) is 0 Å². The molecule has 1 N–H and O–H groups in total. The number of pyridine rings is 1. The van der Waals surface area contributed by atoms with Crippen molar-refractivity contribution in [1.82, 2.24) is 4.98 Å². The Hall–Kier alpha value is -2.89. The van der Waals surface area contributed by atoms with Crippen molar-refractivity contribution in [3.63, 3.8) is 0 Å². The van der Waals surface area contributed by atoms with Crippen LogP contribution in [0.3, 0.4) is 0 Å². The molecule has 0 aliphatic heterocycles. The van der Waals surface area contributed by atoms with Crippen LogP contribution < -0.4 is 4.90 Å². The second kappa shape index (κ2) is 7.21. The third kappa shape index (κ3) is 3.82. The minimum atomic E-state index is -1.07. The van der Waals surface area contributed by atoms with E-state index in [2.05, 4.69) is 4.98 Å². The largest absolute Gasteiger partial charge is 0.478 e. The van der Waals surface area contributed by atoms with Gasteiger partial charge in [0.1, 0.15) is 12.4 Å². The molecule has 0 radical (unpaired) electrons. The fraction of sp³-hybridized carbons (Fsp3) is 0.188. The number of ether oxygens (including phenoxy) is 1. The number of amides is 1. The molecule has 22 heavy (non-hydrogen) atoms. The number of carbonyl (C=O) groups is 2. The number of carbonyl (C=O) groups excluding carboxylic acids is 1. The molecule has 0 fully saturated rings. The van der Waals surface area contributed by atoms with E-state index in [0.717, 1.165) is 5.56 Å². The smallest absolute Gasteiger partial charge is 0.415 e. The normalized spacial score (nSPS) is 10.0. The summed E-state index contributed by atoms with van der Waals surface area (Å²) < 4.78 is 5.24. The van der Waals surface area contributed by atoms with Gasteiger partial charge in [0.25, 0.3) is 0 Å². The van der Waals surface area contributed by atoms with Crippen LogP contribution in [-0.4, -0.2) is 28.7 Å². The lowest BCUT2D eigenvalue weighted by molar-refractivity contribution is 0.0696. The zero-order chi connectivity index (χ0) is 15.9. The van der Waals surface area contributed by atoms with Gasteiger partial charge in [0, 0.05) is 12.7 Å². The molecule has 2 rings (SSSR count). The predicted molar refractivity (Wildman–Crippen MR) is 80.8 cm³/mol. The van der Waals surface area contributed by atoms with Gasteiger partial charge in [-0.15, -0.1) is 0 Å². The van der Waals surface area contributed by atoms with Gasteiger partial charge in [-0.3, -0.25) is 4.90 Å². The van der Waals surface area contributed by atoms with E-state index in [0.29, 0.717) is 6.54 Å². The van der Waals surface area contributed by atoms with Gasteiger partial charge in [-0.25, -0.2) is 14.6 Å². The number of aromatic carboxylic acids is 1. The number of nitrogens with zero attached hydrogens (tertiary/aromatic N) is 2. The third-order valence-electron chi connectivity index (χ3n) is 3.01. The quantitative estimate of drug-likeness (QED) is 0.918. The Morgan fingerprint density at radius 3 is 2.59 bits per heavy atom. The Kier molecular flexibility index (Phi) is 5.08. The molecule has 0 saturated heterocycles. The molecule has 0 aliphatic rings. The number of benzene rings is 1. The zero-order valence-corrected chi connectivity index (χ0v) is 12.1. The van der Waals surface area contributed by atoms with Gasteiger partial charge in [0.2, 0.25) is 0 Å². The highest BCUT2D eigenvalue weighted by Crippen LogP contribution is 2.14. The third-order valence-corrected chi connectivity index (χ3v) is 3.01. The number of carboxylic acid groups (broad SMARTS) is 1. The summed E-state index contributed by atoms with van der Waals surface area (Å²) in [4.78, 5) is 28.4. The molecule has 1 aromatic carbocycles. The molecule has 0 aliphatic carbocycles. The van der Waals surface area contributed by atoms with Crippen molar-refractivity contribution < 1.29 is 19.4 Å². The maximum atomic E-state index is 12.1. The van der Waals surface area contributed by atoms with Gasteiger partial charge in [-0.2, -0.15) is 0 Å². The van der Waals surface area contributed by atoms with Crippen molar-refractivity contribution in [2.45, 2.75) is 13.5 Å². The van der Waals surface area contributed by atoms with Gasteiger partial charge in [-0.05, 0) is 24.6 Å². The van der Waals surface area contributed by atoms with Crippen molar-refractivity contribution >= 4 is 17.9 Å². The standard InChI is InChI=1S/C16H16N2O4/c1-2-18(14-10-13(15(19)20)8-9-17-14)16(21)22-11-12-6-4-3-5-7-12/h3-10H,2,11H2,1H3,(H,19,20). The average molecular weight is 300 g/mol. The van der Waals surface area contributed by atoms with Crippen LogP contribution in [0.5, 0.6) is 0 Å². The van der Waals surface area contributed by atoms with Crippen LogP contribution in [0.25, 0.3) is 0 Å². The Labute approximate surface area is 128 Å². The van der Waals surface area contributed by atoms with Gasteiger partial charge < -0.3 is 9.84 Å². The highest BCUT2D eigenvalue weighted by molar-refractivity contribution is 5.91. The maximum absolute atomic E-state index is 12.1. The van der Waals surface area contributed by atoms with Crippen LogP contribution in [-0.2, 0) is 11.3 Å². The lowest BCUT2D eigenvalue weighted by Gasteiger charge is -2.19. The van der Waals surface area contributed by atoms with Crippen LogP contribution in [0.1, 0.15) is 22.8 Å². The number of rotatable bonds is 5. The number of hydrogen-bond acceptors (Lipinski definition) is 4. The molecule has 1 amide bonds. The van der Waals surface area contributed by atoms with Crippen LogP contribution in [0.15, 0.2) is 48.7 Å². The molecule has 1 aromatic heterocycles. The van der Waals surface area contributed by atoms with E-state index in [9.17, 15) is 9.59 Å². The van der Waals surface area contributed by atoms with Crippen LogP contribution in [0.4, 0.5) is 10.6 Å². The summed E-state index contributed by atoms with van der Waals surface area (Å²) in [5, 5.41) is 8.99. The zero-order valence-electron chi connectivity index (χ0n) is 12.1. The molecule has 2 aromatic rings. The molecule has 114 valence electrons. The summed E-state index contributed by atoms with van der Waals surface area (Å²) in [6.07, 6.45) is 0.785. The fourth-order valence-corrected chi connectivity index (χ4v) is 1.88. The first kappa shape index (κ1) is 15.5. The van der Waals surface area contributed by atoms with Crippen molar-refractivity contribution in [2.24, 2.45) is 0 Å². The molecule has 0 unspecified atom stereocenters. The van der Waals surface area contributed by atoms with Gasteiger partial charge in [0.15, 0.2) is 0 Å². The van der Waals surface area contributed by atoms with Crippen molar-refractivity contribution in [2.75, 3.05) is 11.4 Å². The van der Waals surface area contributed by atoms with Gasteiger partial charge in [0.05, 0.1) is 5.56 Å². The van der Waals surface area contributed by atoms with E-state index in [1.165, 1.54) is 23.2 Å². The molecule has 0 saturated carbocycles. The average Bonchev–Trinajstić information content (AvgIpc) is 2.55. The van der Waals surface area contributed by atoms with Crippen LogP contribution in [0.2, 0.25) is 0 Å². The van der Waals surface area contributed by atoms with Crippen LogP contribution in [0, 0.1) is 0 Å². The summed E-state index contributed by atoms with van der Waals surface area (Å²) in [6.45, 7) is 2.23. The second-order valence-corrected chi connectivity index (χ2v) is 4.49. The molecule has 6 nitrogen and oxygen atoms in total. The Balaban J connectivity index is 2.08. The minimum absolute atomic E-state index is 0.0688. The van der Waals surface area contributed by atoms with E-state index in [1.54, 1.807) is 6.92 Å². The number of hydrogen-bond donors (Lipinski definition) is 1. The number of anilines is 1. The molecule has 0 atom stereocenters. The number of carboxylic acids is 1. The lowest BCUT2D eigenvalue weighted by atomic mass is 10.2. The fourth-order valence-electron chi connectivity index (χ4n) is 1.88. The molecule has 6 heteroatoms.